The van der Waals surface area contributed by atoms with E-state index in [1.165, 1.54) is 10.7 Å². The van der Waals surface area contributed by atoms with Gasteiger partial charge in [-0.3, -0.25) is 0 Å². The van der Waals surface area contributed by atoms with E-state index in [4.69, 9.17) is 5.26 Å². The van der Waals surface area contributed by atoms with Crippen LogP contribution in [0, 0.1) is 11.3 Å². The molecule has 6 rings (SSSR count). The van der Waals surface area contributed by atoms with Crippen LogP contribution in [0.25, 0.3) is 22.6 Å². The van der Waals surface area contributed by atoms with E-state index < -0.39 is 11.7 Å². The maximum Gasteiger partial charge on any atom is 0.245 e. The predicted molar refractivity (Wildman–Crippen MR) is 134 cm³/mol. The van der Waals surface area contributed by atoms with E-state index in [1.54, 1.807) is 25.4 Å². The lowest BCUT2D eigenvalue weighted by atomic mass is 9.68. The number of aromatic nitrogens is 6. The molecule has 37 heavy (non-hydrogen) atoms. The molecule has 0 amide bonds. The van der Waals surface area contributed by atoms with Crippen LogP contribution in [0.5, 0.6) is 5.75 Å². The molecule has 0 unspecified atom stereocenters. The lowest BCUT2D eigenvalue weighted by Gasteiger charge is -2.57. The molecule has 2 aliphatic heterocycles. The highest BCUT2D eigenvalue weighted by Crippen LogP contribution is 2.46. The van der Waals surface area contributed by atoms with Gasteiger partial charge in [-0.05, 0) is 64.5 Å². The fourth-order valence-corrected chi connectivity index (χ4v) is 6.19. The van der Waals surface area contributed by atoms with Gasteiger partial charge in [0.05, 0.1) is 12.2 Å². The second kappa shape index (κ2) is 8.45. The van der Waals surface area contributed by atoms with E-state index in [0.717, 1.165) is 32.1 Å². The van der Waals surface area contributed by atoms with Gasteiger partial charge in [-0.2, -0.15) is 15.3 Å². The number of phenols is 1. The molecular weight excluding hydrogens is 473 g/mol. The number of rotatable bonds is 5. The molecule has 1 saturated carbocycles. The van der Waals surface area contributed by atoms with Gasteiger partial charge in [-0.1, -0.05) is 6.07 Å². The lowest BCUT2D eigenvalue weighted by molar-refractivity contribution is 0.0000874. The average Bonchev–Trinajstić information content (AvgIpc) is 3.63. The highest BCUT2D eigenvalue weighted by atomic mass is 19.1. The van der Waals surface area contributed by atoms with Gasteiger partial charge in [0.25, 0.3) is 0 Å². The zero-order valence-corrected chi connectivity index (χ0v) is 21.2. The number of nitrogens with zero attached hydrogens (tertiary/aromatic N) is 8. The predicted octanol–water partition coefficient (Wildman–Crippen LogP) is 3.28. The number of nitriles is 1. The summed E-state index contributed by atoms with van der Waals surface area (Å²) in [4.78, 5) is 10.8. The fraction of sp³-hybridized carbons (Fsp3) is 0.538. The van der Waals surface area contributed by atoms with Gasteiger partial charge in [-0.25, -0.2) is 14.1 Å². The van der Waals surface area contributed by atoms with Crippen molar-refractivity contribution in [1.82, 2.24) is 35.3 Å². The number of anilines is 1. The Morgan fingerprint density at radius 1 is 1.24 bits per heavy atom. The quantitative estimate of drug-likeness (QED) is 0.539. The molecule has 3 aromatic rings. The highest BCUT2D eigenvalue weighted by molar-refractivity contribution is 5.71. The number of alkyl halides is 1. The number of phenolic OH excluding ortho intramolecular Hbond substituents is 1. The van der Waals surface area contributed by atoms with Gasteiger partial charge < -0.3 is 15.3 Å². The minimum Gasteiger partial charge on any atom is -0.507 e. The van der Waals surface area contributed by atoms with E-state index in [0.29, 0.717) is 35.0 Å². The van der Waals surface area contributed by atoms with Crippen molar-refractivity contribution < 1.29 is 9.50 Å². The van der Waals surface area contributed by atoms with Crippen LogP contribution in [-0.4, -0.2) is 64.4 Å². The topological polar surface area (TPSA) is 129 Å². The third-order valence-electron chi connectivity index (χ3n) is 8.09. The molecule has 1 aromatic carbocycles. The maximum atomic E-state index is 16.0. The first-order valence-electron chi connectivity index (χ1n) is 12.8. The zero-order chi connectivity index (χ0) is 25.9. The number of halogens is 1. The number of aromatic hydroxyl groups is 1. The lowest BCUT2D eigenvalue weighted by Crippen LogP contribution is -2.73. The van der Waals surface area contributed by atoms with Crippen molar-refractivity contribution >= 4 is 5.95 Å². The Morgan fingerprint density at radius 3 is 2.70 bits per heavy atom. The number of fused-ring (bicyclic) bond motifs is 2. The summed E-state index contributed by atoms with van der Waals surface area (Å²) in [5, 5.41) is 36.4. The number of hydrogen-bond acceptors (Lipinski definition) is 9. The summed E-state index contributed by atoms with van der Waals surface area (Å²) in [6.45, 7) is 4.20. The molecule has 192 valence electrons. The number of piperidine rings is 2. The number of hydrogen-bond donors (Lipinski definition) is 2. The summed E-state index contributed by atoms with van der Waals surface area (Å²) < 4.78 is 17.4. The Labute approximate surface area is 214 Å². The Morgan fingerprint density at radius 2 is 2.05 bits per heavy atom. The van der Waals surface area contributed by atoms with Gasteiger partial charge in [0, 0.05) is 35.3 Å². The van der Waals surface area contributed by atoms with Crippen LogP contribution >= 0.6 is 0 Å². The second-order valence-corrected chi connectivity index (χ2v) is 11.1. The van der Waals surface area contributed by atoms with Crippen LogP contribution in [0.15, 0.2) is 24.4 Å². The summed E-state index contributed by atoms with van der Waals surface area (Å²) in [7, 11) is 1.64. The molecule has 2 N–H and O–H groups in total. The molecule has 2 aromatic heterocycles. The Kier molecular flexibility index (Phi) is 5.42. The van der Waals surface area contributed by atoms with Crippen molar-refractivity contribution in [2.45, 2.75) is 81.7 Å². The number of benzene rings is 1. The first kappa shape index (κ1) is 23.7. The fourth-order valence-electron chi connectivity index (χ4n) is 6.19. The van der Waals surface area contributed by atoms with E-state index in [1.807, 2.05) is 13.0 Å². The van der Waals surface area contributed by atoms with E-state index in [9.17, 15) is 5.11 Å². The van der Waals surface area contributed by atoms with Crippen molar-refractivity contribution in [3.63, 3.8) is 0 Å². The molecule has 3 aliphatic rings. The molecule has 0 spiro atoms. The van der Waals surface area contributed by atoms with E-state index >= 15 is 4.39 Å². The standard InChI is InChI=1S/C26H30FN9O/c1-25-9-4-10-26(2,34-25)22(27)19(12-25)36(16-6-7-16)24-29-14-18(31-32-24)17-8-5-15(11-20(17)37)23-30-21(13-28)35(3)33-23/h5,8,11,14,16,19,22,34,37H,4,6-7,9-10,12H2,1-3H3/t19-,22-,25-,26+/m0/s1. The summed E-state index contributed by atoms with van der Waals surface area (Å²) in [6, 6.07) is 6.86. The summed E-state index contributed by atoms with van der Waals surface area (Å²) in [6.07, 6.45) is 6.10. The van der Waals surface area contributed by atoms with Gasteiger partial charge >= 0.3 is 0 Å². The van der Waals surface area contributed by atoms with E-state index in [-0.39, 0.29) is 29.2 Å². The smallest absolute Gasteiger partial charge is 0.245 e. The first-order valence-corrected chi connectivity index (χ1v) is 12.8. The van der Waals surface area contributed by atoms with Gasteiger partial charge in [0.2, 0.25) is 11.8 Å². The molecule has 4 heterocycles. The van der Waals surface area contributed by atoms with Crippen molar-refractivity contribution in [1.29, 1.82) is 5.26 Å². The SMILES string of the molecule is Cn1nc(-c2ccc(-c3cnc(N(C4CC4)[C@H]4C[C@]5(C)CCC[C@@](C)(N5)[C@H]4F)nn3)c(O)c2)nc1C#N. The second-order valence-electron chi connectivity index (χ2n) is 11.1. The Bertz CT molecular complexity index is 1380. The third-order valence-corrected chi connectivity index (χ3v) is 8.09. The molecule has 3 fully saturated rings. The first-order chi connectivity index (χ1) is 17.7. The summed E-state index contributed by atoms with van der Waals surface area (Å²) in [5.74, 6) is 0.932. The summed E-state index contributed by atoms with van der Waals surface area (Å²) >= 11 is 0. The van der Waals surface area contributed by atoms with Crippen molar-refractivity contribution in [2.24, 2.45) is 7.05 Å². The van der Waals surface area contributed by atoms with Crippen LogP contribution in [0.4, 0.5) is 10.3 Å². The van der Waals surface area contributed by atoms with Crippen LogP contribution in [0.2, 0.25) is 0 Å². The largest absolute Gasteiger partial charge is 0.507 e. The molecule has 2 saturated heterocycles. The van der Waals surface area contributed by atoms with Crippen LogP contribution in [0.3, 0.4) is 0 Å². The van der Waals surface area contributed by atoms with Gasteiger partial charge in [0.15, 0.2) is 5.82 Å². The Hall–Kier alpha value is -3.65. The van der Waals surface area contributed by atoms with Crippen LogP contribution in [-0.2, 0) is 7.05 Å². The minimum atomic E-state index is -1.04. The minimum absolute atomic E-state index is 0.0257. The average molecular weight is 504 g/mol. The van der Waals surface area contributed by atoms with Crippen molar-refractivity contribution in [3.05, 3.63) is 30.2 Å². The van der Waals surface area contributed by atoms with E-state index in [2.05, 4.69) is 42.4 Å². The number of nitrogens with one attached hydrogen (secondary N) is 1. The molecule has 2 bridgehead atoms. The molecule has 0 radical (unpaired) electrons. The normalized spacial score (nSPS) is 29.1. The monoisotopic (exact) mass is 503 g/mol. The molecule has 4 atom stereocenters. The van der Waals surface area contributed by atoms with Crippen molar-refractivity contribution in [2.75, 3.05) is 4.90 Å². The summed E-state index contributed by atoms with van der Waals surface area (Å²) in [5.41, 5.74) is 0.784. The van der Waals surface area contributed by atoms with Crippen LogP contribution in [0.1, 0.15) is 58.2 Å². The maximum absolute atomic E-state index is 16.0. The van der Waals surface area contributed by atoms with Crippen molar-refractivity contribution in [3.8, 4) is 34.5 Å². The zero-order valence-electron chi connectivity index (χ0n) is 21.2. The highest BCUT2D eigenvalue weighted by Gasteiger charge is 2.56. The molecular formula is C26H30FN9O. The molecule has 10 nitrogen and oxygen atoms in total. The molecule has 1 aliphatic carbocycles. The molecule has 11 heteroatoms. The van der Waals surface area contributed by atoms with Gasteiger partial charge in [-0.15, -0.1) is 10.2 Å². The number of aryl methyl sites for hydroxylation is 1. The van der Waals surface area contributed by atoms with Crippen LogP contribution < -0.4 is 10.2 Å². The van der Waals surface area contributed by atoms with Gasteiger partial charge in [0.1, 0.15) is 23.7 Å². The Balaban J connectivity index is 1.28. The third kappa shape index (κ3) is 4.09.